The predicted molar refractivity (Wildman–Crippen MR) is 76.1 cm³/mol. The minimum absolute atomic E-state index is 0.137. The SMILES string of the molecule is CC(NCC1CCCO1)(C(N)=O)c1ccc2c(c1)OCO2. The molecule has 0 radical (unpaired) electrons. The Morgan fingerprint density at radius 2 is 2.24 bits per heavy atom. The van der Waals surface area contributed by atoms with E-state index in [0.29, 0.717) is 18.0 Å². The Kier molecular flexibility index (Phi) is 3.73. The summed E-state index contributed by atoms with van der Waals surface area (Å²) >= 11 is 0. The van der Waals surface area contributed by atoms with Crippen LogP contribution in [0.2, 0.25) is 0 Å². The third-order valence-corrected chi connectivity index (χ3v) is 4.15. The monoisotopic (exact) mass is 292 g/mol. The summed E-state index contributed by atoms with van der Waals surface area (Å²) in [5.41, 5.74) is 5.41. The molecule has 3 N–H and O–H groups in total. The van der Waals surface area contributed by atoms with Gasteiger partial charge < -0.3 is 19.9 Å². The smallest absolute Gasteiger partial charge is 0.242 e. The number of nitrogens with two attached hydrogens (primary N) is 1. The van der Waals surface area contributed by atoms with Crippen molar-refractivity contribution in [3.05, 3.63) is 23.8 Å². The van der Waals surface area contributed by atoms with E-state index in [1.165, 1.54) is 0 Å². The number of carbonyl (C=O) groups is 1. The maximum Gasteiger partial charge on any atom is 0.242 e. The Bertz CT molecular complexity index is 542. The molecule has 21 heavy (non-hydrogen) atoms. The van der Waals surface area contributed by atoms with E-state index in [1.54, 1.807) is 19.1 Å². The van der Waals surface area contributed by atoms with E-state index in [0.717, 1.165) is 25.0 Å². The number of nitrogens with one attached hydrogen (secondary N) is 1. The van der Waals surface area contributed by atoms with Crippen LogP contribution in [0, 0.1) is 0 Å². The van der Waals surface area contributed by atoms with Crippen LogP contribution in [0.25, 0.3) is 0 Å². The number of hydrogen-bond donors (Lipinski definition) is 2. The van der Waals surface area contributed by atoms with Crippen LogP contribution in [-0.4, -0.2) is 32.0 Å². The van der Waals surface area contributed by atoms with Gasteiger partial charge >= 0.3 is 0 Å². The Balaban J connectivity index is 1.80. The van der Waals surface area contributed by atoms with Gasteiger partial charge in [-0.3, -0.25) is 10.1 Å². The van der Waals surface area contributed by atoms with E-state index in [2.05, 4.69) is 5.32 Å². The lowest BCUT2D eigenvalue weighted by atomic mass is 9.90. The predicted octanol–water partition coefficient (Wildman–Crippen LogP) is 0.884. The first-order valence-electron chi connectivity index (χ1n) is 7.16. The van der Waals surface area contributed by atoms with Gasteiger partial charge in [0.15, 0.2) is 11.5 Å². The molecule has 1 amide bonds. The summed E-state index contributed by atoms with van der Waals surface area (Å²) in [5, 5.41) is 3.25. The maximum atomic E-state index is 12.0. The van der Waals surface area contributed by atoms with Gasteiger partial charge in [-0.25, -0.2) is 0 Å². The molecule has 2 atom stereocenters. The molecule has 6 nitrogen and oxygen atoms in total. The van der Waals surface area contributed by atoms with Gasteiger partial charge in [-0.2, -0.15) is 0 Å². The molecule has 3 rings (SSSR count). The second-order valence-electron chi connectivity index (χ2n) is 5.57. The van der Waals surface area contributed by atoms with Gasteiger partial charge in [0.25, 0.3) is 0 Å². The van der Waals surface area contributed by atoms with Crippen LogP contribution >= 0.6 is 0 Å². The van der Waals surface area contributed by atoms with Crippen molar-refractivity contribution in [3.8, 4) is 11.5 Å². The topological polar surface area (TPSA) is 82.8 Å². The molecular formula is C15H20N2O4. The summed E-state index contributed by atoms with van der Waals surface area (Å²) in [7, 11) is 0. The molecule has 1 fully saturated rings. The molecule has 2 heterocycles. The Morgan fingerprint density at radius 3 is 2.95 bits per heavy atom. The van der Waals surface area contributed by atoms with Crippen molar-refractivity contribution in [1.82, 2.24) is 5.32 Å². The quantitative estimate of drug-likeness (QED) is 0.842. The summed E-state index contributed by atoms with van der Waals surface area (Å²) in [6.45, 7) is 3.36. The number of benzene rings is 1. The molecule has 1 aromatic rings. The van der Waals surface area contributed by atoms with Crippen LogP contribution in [-0.2, 0) is 15.1 Å². The molecule has 0 aliphatic carbocycles. The second kappa shape index (κ2) is 5.54. The molecule has 2 aliphatic rings. The molecule has 1 aromatic carbocycles. The third-order valence-electron chi connectivity index (χ3n) is 4.15. The molecule has 1 saturated heterocycles. The van der Waals surface area contributed by atoms with E-state index in [1.807, 2.05) is 6.07 Å². The first-order chi connectivity index (χ1) is 10.1. The van der Waals surface area contributed by atoms with Crippen LogP contribution in [0.5, 0.6) is 11.5 Å². The fraction of sp³-hybridized carbons (Fsp3) is 0.533. The van der Waals surface area contributed by atoms with Crippen LogP contribution in [0.1, 0.15) is 25.3 Å². The third kappa shape index (κ3) is 2.69. The molecule has 2 aliphatic heterocycles. The Labute approximate surface area is 123 Å². The number of rotatable bonds is 5. The normalized spacial score (nSPS) is 23.0. The van der Waals surface area contributed by atoms with Crippen molar-refractivity contribution in [3.63, 3.8) is 0 Å². The van der Waals surface area contributed by atoms with Crippen LogP contribution in [0.4, 0.5) is 0 Å². The van der Waals surface area contributed by atoms with Gasteiger partial charge in [-0.15, -0.1) is 0 Å². The minimum atomic E-state index is -0.965. The Morgan fingerprint density at radius 1 is 1.43 bits per heavy atom. The molecule has 0 aromatic heterocycles. The highest BCUT2D eigenvalue weighted by Gasteiger charge is 2.35. The van der Waals surface area contributed by atoms with E-state index in [-0.39, 0.29) is 12.9 Å². The summed E-state index contributed by atoms with van der Waals surface area (Å²) in [6.07, 6.45) is 2.20. The highest BCUT2D eigenvalue weighted by atomic mass is 16.7. The van der Waals surface area contributed by atoms with Crippen LogP contribution < -0.4 is 20.5 Å². The molecular weight excluding hydrogens is 272 g/mol. The van der Waals surface area contributed by atoms with Gasteiger partial charge in [0.1, 0.15) is 5.54 Å². The number of fused-ring (bicyclic) bond motifs is 1. The average molecular weight is 292 g/mol. The van der Waals surface area contributed by atoms with Gasteiger partial charge in [0.05, 0.1) is 6.10 Å². The first kappa shape index (κ1) is 14.2. The molecule has 114 valence electrons. The van der Waals surface area contributed by atoms with Crippen molar-refractivity contribution in [1.29, 1.82) is 0 Å². The van der Waals surface area contributed by atoms with Gasteiger partial charge in [-0.1, -0.05) is 6.07 Å². The highest BCUT2D eigenvalue weighted by Crippen LogP contribution is 2.35. The molecule has 0 saturated carbocycles. The fourth-order valence-corrected chi connectivity index (χ4v) is 2.66. The van der Waals surface area contributed by atoms with E-state index in [4.69, 9.17) is 19.9 Å². The van der Waals surface area contributed by atoms with Gasteiger partial charge in [0, 0.05) is 13.2 Å². The number of hydrogen-bond acceptors (Lipinski definition) is 5. The van der Waals surface area contributed by atoms with Gasteiger partial charge in [-0.05, 0) is 37.5 Å². The number of ether oxygens (including phenoxy) is 3. The van der Waals surface area contributed by atoms with Crippen molar-refractivity contribution < 1.29 is 19.0 Å². The zero-order chi connectivity index (χ0) is 14.9. The standard InChI is InChI=1S/C15H20N2O4/c1-15(14(16)18,17-8-11-3-2-6-19-11)10-4-5-12-13(7-10)21-9-20-12/h4-5,7,11,17H,2-3,6,8-9H2,1H3,(H2,16,18). The van der Waals surface area contributed by atoms with Crippen LogP contribution in [0.15, 0.2) is 18.2 Å². The van der Waals surface area contributed by atoms with Crippen molar-refractivity contribution in [2.45, 2.75) is 31.4 Å². The lowest BCUT2D eigenvalue weighted by Crippen LogP contribution is -2.52. The second-order valence-corrected chi connectivity index (χ2v) is 5.57. The molecule has 0 bridgehead atoms. The summed E-state index contributed by atoms with van der Waals surface area (Å²) < 4.78 is 16.2. The molecule has 2 unspecified atom stereocenters. The zero-order valence-electron chi connectivity index (χ0n) is 12.1. The Hall–Kier alpha value is -1.79. The average Bonchev–Trinajstić information content (AvgIpc) is 3.14. The lowest BCUT2D eigenvalue weighted by molar-refractivity contribution is -0.124. The zero-order valence-corrected chi connectivity index (χ0v) is 12.1. The summed E-state index contributed by atoms with van der Waals surface area (Å²) in [5.74, 6) is 0.892. The summed E-state index contributed by atoms with van der Waals surface area (Å²) in [4.78, 5) is 12.0. The van der Waals surface area contributed by atoms with Crippen molar-refractivity contribution in [2.75, 3.05) is 19.9 Å². The number of carbonyl (C=O) groups excluding carboxylic acids is 1. The van der Waals surface area contributed by atoms with Gasteiger partial charge in [0.2, 0.25) is 12.7 Å². The highest BCUT2D eigenvalue weighted by molar-refractivity contribution is 5.86. The van der Waals surface area contributed by atoms with E-state index < -0.39 is 11.4 Å². The van der Waals surface area contributed by atoms with E-state index in [9.17, 15) is 4.79 Å². The summed E-state index contributed by atoms with van der Waals surface area (Å²) in [6, 6.07) is 5.43. The van der Waals surface area contributed by atoms with Crippen molar-refractivity contribution in [2.24, 2.45) is 5.73 Å². The first-order valence-corrected chi connectivity index (χ1v) is 7.16. The lowest BCUT2D eigenvalue weighted by Gasteiger charge is -2.29. The molecule has 6 heteroatoms. The maximum absolute atomic E-state index is 12.0. The number of primary amides is 1. The van der Waals surface area contributed by atoms with E-state index >= 15 is 0 Å². The van der Waals surface area contributed by atoms with Crippen molar-refractivity contribution >= 4 is 5.91 Å². The number of amides is 1. The molecule has 0 spiro atoms. The minimum Gasteiger partial charge on any atom is -0.454 e. The largest absolute Gasteiger partial charge is 0.454 e. The fourth-order valence-electron chi connectivity index (χ4n) is 2.66. The van der Waals surface area contributed by atoms with Crippen LogP contribution in [0.3, 0.4) is 0 Å².